The predicted octanol–water partition coefficient (Wildman–Crippen LogP) is 2.12. The molecule has 2 aromatic rings. The summed E-state index contributed by atoms with van der Waals surface area (Å²) in [5.41, 5.74) is 1.68. The first-order valence-electron chi connectivity index (χ1n) is 5.40. The van der Waals surface area contributed by atoms with Gasteiger partial charge in [-0.15, -0.1) is 0 Å². The Balaban J connectivity index is 1.87. The smallest absolute Gasteiger partial charge is 0.240 e. The van der Waals surface area contributed by atoms with Crippen molar-refractivity contribution < 1.29 is 8.91 Å². The van der Waals surface area contributed by atoms with Crippen molar-refractivity contribution in [2.75, 3.05) is 0 Å². The van der Waals surface area contributed by atoms with Gasteiger partial charge in [-0.05, 0) is 31.0 Å². The second kappa shape index (κ2) is 5.05. The molecule has 0 aliphatic heterocycles. The van der Waals surface area contributed by atoms with Gasteiger partial charge in [-0.2, -0.15) is 4.98 Å². The van der Waals surface area contributed by atoms with Crippen LogP contribution in [-0.4, -0.2) is 10.1 Å². The van der Waals surface area contributed by atoms with Crippen LogP contribution in [0.25, 0.3) is 0 Å². The second-order valence-corrected chi connectivity index (χ2v) is 3.92. The maximum Gasteiger partial charge on any atom is 0.240 e. The zero-order chi connectivity index (χ0) is 12.3. The summed E-state index contributed by atoms with van der Waals surface area (Å²) in [5.74, 6) is 1.00. The summed E-state index contributed by atoms with van der Waals surface area (Å²) in [6.45, 7) is 4.68. The summed E-state index contributed by atoms with van der Waals surface area (Å²) in [6.07, 6.45) is 0. The molecule has 17 heavy (non-hydrogen) atoms. The van der Waals surface area contributed by atoms with E-state index in [4.69, 9.17) is 4.52 Å². The van der Waals surface area contributed by atoms with Gasteiger partial charge >= 0.3 is 0 Å². The average Bonchev–Trinajstić information content (AvgIpc) is 2.70. The molecule has 0 aliphatic rings. The van der Waals surface area contributed by atoms with E-state index in [1.165, 1.54) is 6.07 Å². The number of rotatable bonds is 4. The number of hydrogen-bond donors (Lipinski definition) is 1. The number of benzene rings is 1. The molecular weight excluding hydrogens is 221 g/mol. The number of nitrogens with one attached hydrogen (secondary N) is 1. The van der Waals surface area contributed by atoms with Gasteiger partial charge in [-0.25, -0.2) is 4.39 Å². The maximum absolute atomic E-state index is 13.0. The molecule has 1 heterocycles. The van der Waals surface area contributed by atoms with Gasteiger partial charge in [0.15, 0.2) is 5.82 Å². The third-order valence-corrected chi connectivity index (χ3v) is 2.40. The first-order valence-corrected chi connectivity index (χ1v) is 5.40. The minimum absolute atomic E-state index is 0.179. The summed E-state index contributed by atoms with van der Waals surface area (Å²) >= 11 is 0. The number of nitrogens with zero attached hydrogens (tertiary/aromatic N) is 2. The van der Waals surface area contributed by atoms with Crippen LogP contribution in [0.2, 0.25) is 0 Å². The van der Waals surface area contributed by atoms with Crippen molar-refractivity contribution in [3.05, 3.63) is 46.9 Å². The fraction of sp³-hybridized carbons (Fsp3) is 0.333. The van der Waals surface area contributed by atoms with Crippen molar-refractivity contribution in [2.24, 2.45) is 0 Å². The standard InChI is InChI=1S/C12H14FN3O/c1-8-5-10(3-4-11(8)13)6-14-7-12-15-9(2)16-17-12/h3-5,14H,6-7H2,1-2H3. The molecule has 0 bridgehead atoms. The average molecular weight is 235 g/mol. The molecular formula is C12H14FN3O. The molecule has 0 atom stereocenters. The summed E-state index contributed by atoms with van der Waals surface area (Å²) in [4.78, 5) is 4.07. The van der Waals surface area contributed by atoms with Crippen LogP contribution in [0.1, 0.15) is 22.8 Å². The minimum Gasteiger partial charge on any atom is -0.338 e. The molecule has 0 fully saturated rings. The number of aryl methyl sites for hydroxylation is 2. The van der Waals surface area contributed by atoms with Crippen molar-refractivity contribution in [3.8, 4) is 0 Å². The van der Waals surface area contributed by atoms with Crippen LogP contribution < -0.4 is 5.32 Å². The van der Waals surface area contributed by atoms with E-state index in [2.05, 4.69) is 15.5 Å². The second-order valence-electron chi connectivity index (χ2n) is 3.92. The molecule has 0 radical (unpaired) electrons. The summed E-state index contributed by atoms with van der Waals surface area (Å²) < 4.78 is 18.0. The van der Waals surface area contributed by atoms with Gasteiger partial charge in [-0.3, -0.25) is 0 Å². The predicted molar refractivity (Wildman–Crippen MR) is 60.7 cm³/mol. The summed E-state index contributed by atoms with van der Waals surface area (Å²) in [5, 5.41) is 6.85. The van der Waals surface area contributed by atoms with Crippen LogP contribution >= 0.6 is 0 Å². The van der Waals surface area contributed by atoms with E-state index in [9.17, 15) is 4.39 Å². The Bertz CT molecular complexity index is 510. The summed E-state index contributed by atoms with van der Waals surface area (Å²) in [7, 11) is 0. The minimum atomic E-state index is -0.179. The van der Waals surface area contributed by atoms with Crippen molar-refractivity contribution in [1.29, 1.82) is 0 Å². The molecule has 1 aromatic carbocycles. The van der Waals surface area contributed by atoms with E-state index in [1.54, 1.807) is 19.9 Å². The van der Waals surface area contributed by atoms with Gasteiger partial charge in [0.1, 0.15) is 5.82 Å². The highest BCUT2D eigenvalue weighted by Crippen LogP contribution is 2.09. The van der Waals surface area contributed by atoms with Gasteiger partial charge < -0.3 is 9.84 Å². The van der Waals surface area contributed by atoms with Crippen LogP contribution in [-0.2, 0) is 13.1 Å². The lowest BCUT2D eigenvalue weighted by molar-refractivity contribution is 0.364. The molecule has 4 nitrogen and oxygen atoms in total. The molecule has 1 N–H and O–H groups in total. The number of halogens is 1. The molecule has 0 saturated heterocycles. The number of hydrogen-bond acceptors (Lipinski definition) is 4. The van der Waals surface area contributed by atoms with Gasteiger partial charge in [-0.1, -0.05) is 17.3 Å². The van der Waals surface area contributed by atoms with E-state index >= 15 is 0 Å². The van der Waals surface area contributed by atoms with E-state index in [0.717, 1.165) is 5.56 Å². The molecule has 2 rings (SSSR count). The van der Waals surface area contributed by atoms with Gasteiger partial charge in [0, 0.05) is 6.54 Å². The monoisotopic (exact) mass is 235 g/mol. The van der Waals surface area contributed by atoms with Crippen molar-refractivity contribution >= 4 is 0 Å². The fourth-order valence-electron chi connectivity index (χ4n) is 1.54. The van der Waals surface area contributed by atoms with Crippen molar-refractivity contribution in [3.63, 3.8) is 0 Å². The van der Waals surface area contributed by atoms with Crippen LogP contribution in [0.4, 0.5) is 4.39 Å². The highest BCUT2D eigenvalue weighted by Gasteiger charge is 2.02. The Morgan fingerprint density at radius 3 is 2.76 bits per heavy atom. The quantitative estimate of drug-likeness (QED) is 0.881. The maximum atomic E-state index is 13.0. The Hall–Kier alpha value is -1.75. The Morgan fingerprint density at radius 1 is 1.29 bits per heavy atom. The largest absolute Gasteiger partial charge is 0.338 e. The number of aromatic nitrogens is 2. The lowest BCUT2D eigenvalue weighted by Gasteiger charge is -2.04. The summed E-state index contributed by atoms with van der Waals surface area (Å²) in [6, 6.07) is 5.05. The third-order valence-electron chi connectivity index (χ3n) is 2.40. The molecule has 0 amide bonds. The molecule has 1 aromatic heterocycles. The molecule has 90 valence electrons. The fourth-order valence-corrected chi connectivity index (χ4v) is 1.54. The topological polar surface area (TPSA) is 51.0 Å². The Morgan fingerprint density at radius 2 is 2.12 bits per heavy atom. The van der Waals surface area contributed by atoms with Gasteiger partial charge in [0.05, 0.1) is 6.54 Å². The normalized spacial score (nSPS) is 10.8. The lowest BCUT2D eigenvalue weighted by atomic mass is 10.1. The zero-order valence-corrected chi connectivity index (χ0v) is 9.83. The van der Waals surface area contributed by atoms with Gasteiger partial charge in [0.25, 0.3) is 0 Å². The molecule has 0 spiro atoms. The first-order chi connectivity index (χ1) is 8.15. The SMILES string of the molecule is Cc1noc(CNCc2ccc(F)c(C)c2)n1. The zero-order valence-electron chi connectivity index (χ0n) is 9.83. The van der Waals surface area contributed by atoms with E-state index in [-0.39, 0.29) is 5.82 Å². The Labute approximate surface area is 98.8 Å². The van der Waals surface area contributed by atoms with Crippen molar-refractivity contribution in [2.45, 2.75) is 26.9 Å². The van der Waals surface area contributed by atoms with E-state index in [1.807, 2.05) is 6.07 Å². The van der Waals surface area contributed by atoms with E-state index in [0.29, 0.717) is 30.4 Å². The van der Waals surface area contributed by atoms with Gasteiger partial charge in [0.2, 0.25) is 5.89 Å². The van der Waals surface area contributed by atoms with Crippen LogP contribution in [0, 0.1) is 19.7 Å². The highest BCUT2D eigenvalue weighted by molar-refractivity contribution is 5.23. The van der Waals surface area contributed by atoms with Crippen LogP contribution in [0.15, 0.2) is 22.7 Å². The molecule has 0 unspecified atom stereocenters. The lowest BCUT2D eigenvalue weighted by Crippen LogP contribution is -2.13. The van der Waals surface area contributed by atoms with Crippen LogP contribution in [0.3, 0.4) is 0 Å². The molecule has 0 saturated carbocycles. The van der Waals surface area contributed by atoms with Crippen molar-refractivity contribution in [1.82, 2.24) is 15.5 Å². The first kappa shape index (κ1) is 11.7. The molecule has 5 heteroatoms. The molecule has 0 aliphatic carbocycles. The Kier molecular flexibility index (Phi) is 3.49. The van der Waals surface area contributed by atoms with Crippen LogP contribution in [0.5, 0.6) is 0 Å². The highest BCUT2D eigenvalue weighted by atomic mass is 19.1. The van der Waals surface area contributed by atoms with E-state index < -0.39 is 0 Å². The third kappa shape index (κ3) is 3.10.